The zero-order valence-corrected chi connectivity index (χ0v) is 3.92. The smallest absolute Gasteiger partial charge is 0.449 e. The first-order valence-electron chi connectivity index (χ1n) is 1.66. The molecule has 0 aliphatic carbocycles. The van der Waals surface area contributed by atoms with Crippen molar-refractivity contribution in [2.45, 2.75) is 0 Å². The van der Waals surface area contributed by atoms with Crippen LogP contribution in [0.15, 0.2) is 12.3 Å². The van der Waals surface area contributed by atoms with Crippen LogP contribution in [0, 0.1) is 11.3 Å². The molecule has 4 heteroatoms. The molecule has 0 unspecified atom stereocenters. The van der Waals surface area contributed by atoms with Crippen molar-refractivity contribution < 1.29 is 14.6 Å². The minimum Gasteiger partial charge on any atom is -0.449 e. The third-order valence-corrected chi connectivity index (χ3v) is 0.335. The number of nitriles is 1. The number of hydrogen-bond acceptors (Lipinski definition) is 3. The molecule has 0 atom stereocenters. The third-order valence-electron chi connectivity index (χ3n) is 0.335. The fraction of sp³-hybridized carbons (Fsp3) is 0. The minimum absolute atomic E-state index is 0.419. The summed E-state index contributed by atoms with van der Waals surface area (Å²) in [6.45, 7) is 2.95. The van der Waals surface area contributed by atoms with Gasteiger partial charge >= 0.3 is 6.16 Å². The molecular formula is C4H3NO3. The molecule has 8 heavy (non-hydrogen) atoms. The summed E-state index contributed by atoms with van der Waals surface area (Å²) in [5, 5.41) is 15.6. The second kappa shape index (κ2) is 2.64. The van der Waals surface area contributed by atoms with E-state index >= 15 is 0 Å². The Morgan fingerprint density at radius 1 is 1.88 bits per heavy atom. The first-order valence-corrected chi connectivity index (χ1v) is 1.66. The van der Waals surface area contributed by atoms with Gasteiger partial charge in [-0.25, -0.2) is 4.79 Å². The molecule has 0 aliphatic heterocycles. The van der Waals surface area contributed by atoms with Gasteiger partial charge in [0.05, 0.1) is 0 Å². The van der Waals surface area contributed by atoms with Crippen LogP contribution in [-0.4, -0.2) is 11.3 Å². The fourth-order valence-electron chi connectivity index (χ4n) is 0.128. The summed E-state index contributed by atoms with van der Waals surface area (Å²) in [4.78, 5) is 9.53. The third kappa shape index (κ3) is 2.72. The molecule has 1 N–H and O–H groups in total. The number of carboxylic acid groups (broad SMARTS) is 1. The van der Waals surface area contributed by atoms with E-state index in [2.05, 4.69) is 11.3 Å². The maximum absolute atomic E-state index is 9.53. The quantitative estimate of drug-likeness (QED) is 0.309. The van der Waals surface area contributed by atoms with Crippen LogP contribution < -0.4 is 0 Å². The molecule has 0 radical (unpaired) electrons. The lowest BCUT2D eigenvalue weighted by molar-refractivity contribution is 0.123. The highest BCUT2D eigenvalue weighted by Gasteiger charge is 1.96. The van der Waals surface area contributed by atoms with Crippen LogP contribution in [0.25, 0.3) is 0 Å². The van der Waals surface area contributed by atoms with Crippen LogP contribution in [0.4, 0.5) is 4.79 Å². The molecule has 4 nitrogen and oxygen atoms in total. The first-order chi connectivity index (χ1) is 3.66. The van der Waals surface area contributed by atoms with Crippen LogP contribution in [-0.2, 0) is 4.74 Å². The molecule has 0 saturated carbocycles. The van der Waals surface area contributed by atoms with Crippen LogP contribution in [0.2, 0.25) is 0 Å². The second-order valence-corrected chi connectivity index (χ2v) is 0.903. The predicted molar refractivity (Wildman–Crippen MR) is 23.9 cm³/mol. The van der Waals surface area contributed by atoms with Gasteiger partial charge in [-0.05, 0) is 6.58 Å². The van der Waals surface area contributed by atoms with Crippen molar-refractivity contribution >= 4 is 6.16 Å². The van der Waals surface area contributed by atoms with Crippen LogP contribution in [0.1, 0.15) is 0 Å². The SMILES string of the molecule is C=C(C#N)OC(=O)O. The lowest BCUT2D eigenvalue weighted by atomic mass is 10.6. The van der Waals surface area contributed by atoms with E-state index in [0.29, 0.717) is 0 Å². The molecule has 42 valence electrons. The Balaban J connectivity index is 3.61. The van der Waals surface area contributed by atoms with Crippen molar-refractivity contribution in [1.29, 1.82) is 5.26 Å². The van der Waals surface area contributed by atoms with Gasteiger partial charge < -0.3 is 9.84 Å². The Morgan fingerprint density at radius 3 is 2.50 bits per heavy atom. The number of ether oxygens (including phenoxy) is 1. The fourth-order valence-corrected chi connectivity index (χ4v) is 0.128. The molecule has 0 aromatic heterocycles. The monoisotopic (exact) mass is 113 g/mol. The van der Waals surface area contributed by atoms with E-state index < -0.39 is 11.9 Å². The van der Waals surface area contributed by atoms with Crippen LogP contribution >= 0.6 is 0 Å². The number of nitrogens with zero attached hydrogens (tertiary/aromatic N) is 1. The van der Waals surface area contributed by atoms with Gasteiger partial charge in [0.2, 0.25) is 5.76 Å². The van der Waals surface area contributed by atoms with E-state index in [9.17, 15) is 4.79 Å². The van der Waals surface area contributed by atoms with Gasteiger partial charge in [0, 0.05) is 0 Å². The van der Waals surface area contributed by atoms with Gasteiger partial charge in [-0.15, -0.1) is 0 Å². The summed E-state index contributed by atoms with van der Waals surface area (Å²) >= 11 is 0. The van der Waals surface area contributed by atoms with Gasteiger partial charge in [-0.3, -0.25) is 0 Å². The standard InChI is InChI=1S/C4H3NO3/c1-3(2-5)8-4(6)7/h1H2,(H,6,7). The van der Waals surface area contributed by atoms with Crippen molar-refractivity contribution in [1.82, 2.24) is 0 Å². The molecule has 0 heterocycles. The van der Waals surface area contributed by atoms with Crippen molar-refractivity contribution in [3.05, 3.63) is 12.3 Å². The van der Waals surface area contributed by atoms with Gasteiger partial charge in [0.1, 0.15) is 6.07 Å². The summed E-state index contributed by atoms with van der Waals surface area (Å²) in [6, 6.07) is 1.40. The maximum Gasteiger partial charge on any atom is 0.512 e. The molecule has 0 aromatic carbocycles. The van der Waals surface area contributed by atoms with Crippen LogP contribution in [0.3, 0.4) is 0 Å². The number of allylic oxidation sites excluding steroid dienone is 1. The average molecular weight is 113 g/mol. The molecular weight excluding hydrogens is 110 g/mol. The molecule has 0 spiro atoms. The highest BCUT2D eigenvalue weighted by Crippen LogP contribution is 1.88. The normalized spacial score (nSPS) is 6.88. The van der Waals surface area contributed by atoms with Crippen molar-refractivity contribution in [3.63, 3.8) is 0 Å². The molecule has 0 amide bonds. The molecule has 0 aliphatic rings. The van der Waals surface area contributed by atoms with E-state index in [4.69, 9.17) is 10.4 Å². The van der Waals surface area contributed by atoms with Gasteiger partial charge in [-0.2, -0.15) is 5.26 Å². The molecule has 0 aromatic rings. The lowest BCUT2D eigenvalue weighted by Gasteiger charge is -1.88. The highest BCUT2D eigenvalue weighted by molar-refractivity contribution is 5.59. The zero-order valence-electron chi connectivity index (χ0n) is 3.92. The number of carbonyl (C=O) groups is 1. The highest BCUT2D eigenvalue weighted by atomic mass is 16.7. The zero-order chi connectivity index (χ0) is 6.57. The minimum atomic E-state index is -1.52. The molecule has 0 rings (SSSR count). The average Bonchev–Trinajstić information content (AvgIpc) is 1.65. The topological polar surface area (TPSA) is 70.3 Å². The Kier molecular flexibility index (Phi) is 2.14. The largest absolute Gasteiger partial charge is 0.512 e. The Morgan fingerprint density at radius 2 is 2.38 bits per heavy atom. The lowest BCUT2D eigenvalue weighted by Crippen LogP contribution is -1.96. The summed E-state index contributed by atoms with van der Waals surface area (Å²) in [5.74, 6) is -0.419. The van der Waals surface area contributed by atoms with Crippen molar-refractivity contribution in [3.8, 4) is 6.07 Å². The number of hydrogen-bond donors (Lipinski definition) is 1. The van der Waals surface area contributed by atoms with Crippen molar-refractivity contribution in [2.24, 2.45) is 0 Å². The Hall–Kier alpha value is -1.50. The molecule has 0 fully saturated rings. The van der Waals surface area contributed by atoms with Gasteiger partial charge in [-0.1, -0.05) is 0 Å². The Labute approximate surface area is 45.6 Å². The second-order valence-electron chi connectivity index (χ2n) is 0.903. The van der Waals surface area contributed by atoms with E-state index in [1.54, 1.807) is 0 Å². The predicted octanol–water partition coefficient (Wildman–Crippen LogP) is 0.718. The molecule has 0 saturated heterocycles. The Bertz CT molecular complexity index is 155. The van der Waals surface area contributed by atoms with E-state index in [0.717, 1.165) is 0 Å². The van der Waals surface area contributed by atoms with E-state index in [-0.39, 0.29) is 0 Å². The summed E-state index contributed by atoms with van der Waals surface area (Å²) in [6.07, 6.45) is -1.52. The van der Waals surface area contributed by atoms with Gasteiger partial charge in [0.15, 0.2) is 0 Å². The molecule has 0 bridgehead atoms. The van der Waals surface area contributed by atoms with Crippen molar-refractivity contribution in [2.75, 3.05) is 0 Å². The number of rotatable bonds is 1. The van der Waals surface area contributed by atoms with E-state index in [1.165, 1.54) is 6.07 Å². The summed E-state index contributed by atoms with van der Waals surface area (Å²) in [7, 11) is 0. The maximum atomic E-state index is 9.53. The first kappa shape index (κ1) is 6.50. The van der Waals surface area contributed by atoms with Crippen LogP contribution in [0.5, 0.6) is 0 Å². The summed E-state index contributed by atoms with van der Waals surface area (Å²) < 4.78 is 3.76. The van der Waals surface area contributed by atoms with E-state index in [1.807, 2.05) is 0 Å². The summed E-state index contributed by atoms with van der Waals surface area (Å²) in [5.41, 5.74) is 0. The van der Waals surface area contributed by atoms with Gasteiger partial charge in [0.25, 0.3) is 0 Å².